The number of nitrogens with one attached hydrogen (secondary N) is 2. The predicted octanol–water partition coefficient (Wildman–Crippen LogP) is 7.44. The lowest BCUT2D eigenvalue weighted by atomic mass is 10.1. The molecule has 1 fully saturated rings. The second-order valence-corrected chi connectivity index (χ2v) is 10.5. The number of carbonyl (C=O) groups is 2. The number of nitriles is 1. The van der Waals surface area contributed by atoms with Crippen LogP contribution in [0.5, 0.6) is 0 Å². The molecule has 1 aliphatic carbocycles. The van der Waals surface area contributed by atoms with E-state index in [1.165, 1.54) is 24.3 Å². The molecular formula is C24H13Cl5FN3O2. The van der Waals surface area contributed by atoms with E-state index in [9.17, 15) is 19.2 Å². The Kier molecular flexibility index (Phi) is 7.19. The van der Waals surface area contributed by atoms with Crippen molar-refractivity contribution >= 4 is 81.2 Å². The van der Waals surface area contributed by atoms with Crippen molar-refractivity contribution in [2.45, 2.75) is 10.3 Å². The Morgan fingerprint density at radius 2 is 1.63 bits per heavy atom. The van der Waals surface area contributed by atoms with Gasteiger partial charge < -0.3 is 10.6 Å². The summed E-state index contributed by atoms with van der Waals surface area (Å²) in [5, 5.41) is 15.3. The van der Waals surface area contributed by atoms with Crippen LogP contribution in [0.4, 0.5) is 15.8 Å². The van der Waals surface area contributed by atoms with Gasteiger partial charge in [-0.3, -0.25) is 9.59 Å². The van der Waals surface area contributed by atoms with Gasteiger partial charge in [0.25, 0.3) is 5.91 Å². The monoisotopic (exact) mass is 569 g/mol. The number of anilines is 2. The number of alkyl halides is 2. The molecule has 0 radical (unpaired) electrons. The maximum absolute atomic E-state index is 13.4. The van der Waals surface area contributed by atoms with Gasteiger partial charge >= 0.3 is 0 Å². The SMILES string of the molecule is N#Cc1cc(F)ccc1NC(=O)c1cc(NC(=O)[C@H]2[C@H](c3cc(Cl)cc(Cl)c3)C2(Cl)Cl)ccc1Cl. The minimum Gasteiger partial charge on any atom is -0.326 e. The number of benzene rings is 3. The zero-order valence-electron chi connectivity index (χ0n) is 17.4. The first-order valence-electron chi connectivity index (χ1n) is 9.96. The minimum absolute atomic E-state index is 0.0228. The van der Waals surface area contributed by atoms with Crippen LogP contribution in [0, 0.1) is 23.1 Å². The summed E-state index contributed by atoms with van der Waals surface area (Å²) in [6, 6.07) is 14.3. The molecule has 11 heteroatoms. The van der Waals surface area contributed by atoms with Gasteiger partial charge in [-0.05, 0) is 60.2 Å². The molecule has 0 heterocycles. The van der Waals surface area contributed by atoms with Crippen molar-refractivity contribution in [3.8, 4) is 6.07 Å². The van der Waals surface area contributed by atoms with E-state index < -0.39 is 33.8 Å². The Morgan fingerprint density at radius 3 is 2.29 bits per heavy atom. The maximum atomic E-state index is 13.4. The first kappa shape index (κ1) is 25.6. The summed E-state index contributed by atoms with van der Waals surface area (Å²) in [6.45, 7) is 0. The van der Waals surface area contributed by atoms with Gasteiger partial charge in [-0.1, -0.05) is 34.8 Å². The Hall–Kier alpha value is -2.53. The third kappa shape index (κ3) is 5.35. The molecule has 3 aromatic rings. The highest BCUT2D eigenvalue weighted by molar-refractivity contribution is 6.53. The van der Waals surface area contributed by atoms with Crippen molar-refractivity contribution in [1.29, 1.82) is 5.26 Å². The molecule has 0 saturated heterocycles. The van der Waals surface area contributed by atoms with Crippen molar-refractivity contribution in [2.75, 3.05) is 10.6 Å². The van der Waals surface area contributed by atoms with Crippen molar-refractivity contribution < 1.29 is 14.0 Å². The number of rotatable bonds is 5. The molecule has 178 valence electrons. The fourth-order valence-electron chi connectivity index (χ4n) is 3.73. The molecule has 0 aromatic heterocycles. The van der Waals surface area contributed by atoms with Crippen molar-refractivity contribution in [3.63, 3.8) is 0 Å². The molecule has 2 amide bonds. The van der Waals surface area contributed by atoms with Crippen LogP contribution in [0.3, 0.4) is 0 Å². The molecule has 35 heavy (non-hydrogen) atoms. The Morgan fingerprint density at radius 1 is 0.943 bits per heavy atom. The highest BCUT2D eigenvalue weighted by Crippen LogP contribution is 2.65. The van der Waals surface area contributed by atoms with Gasteiger partial charge in [-0.25, -0.2) is 4.39 Å². The maximum Gasteiger partial charge on any atom is 0.257 e. The van der Waals surface area contributed by atoms with Crippen LogP contribution in [-0.2, 0) is 4.79 Å². The van der Waals surface area contributed by atoms with Gasteiger partial charge in [0.15, 0.2) is 0 Å². The molecule has 1 saturated carbocycles. The third-order valence-corrected chi connectivity index (χ3v) is 7.12. The van der Waals surface area contributed by atoms with E-state index in [4.69, 9.17) is 58.0 Å². The molecule has 0 unspecified atom stereocenters. The van der Waals surface area contributed by atoms with Crippen molar-refractivity contribution in [1.82, 2.24) is 0 Å². The molecule has 2 atom stereocenters. The van der Waals surface area contributed by atoms with E-state index in [0.717, 1.165) is 12.1 Å². The van der Waals surface area contributed by atoms with Crippen LogP contribution in [0.1, 0.15) is 27.4 Å². The van der Waals surface area contributed by atoms with Gasteiger partial charge in [0, 0.05) is 21.7 Å². The van der Waals surface area contributed by atoms with Gasteiger partial charge in [0.2, 0.25) is 5.91 Å². The summed E-state index contributed by atoms with van der Waals surface area (Å²) in [4.78, 5) is 25.8. The van der Waals surface area contributed by atoms with E-state index in [0.29, 0.717) is 15.6 Å². The zero-order valence-corrected chi connectivity index (χ0v) is 21.2. The lowest BCUT2D eigenvalue weighted by Crippen LogP contribution is -2.18. The fourth-order valence-corrected chi connectivity index (χ4v) is 5.30. The second kappa shape index (κ2) is 9.85. The Balaban J connectivity index is 1.53. The van der Waals surface area contributed by atoms with Crippen LogP contribution in [0.15, 0.2) is 54.6 Å². The molecule has 0 bridgehead atoms. The Bertz CT molecular complexity index is 1390. The summed E-state index contributed by atoms with van der Waals surface area (Å²) in [5.41, 5.74) is 0.967. The number of nitrogens with zero attached hydrogens (tertiary/aromatic N) is 1. The minimum atomic E-state index is -1.37. The van der Waals surface area contributed by atoms with Crippen LogP contribution in [0.2, 0.25) is 15.1 Å². The predicted molar refractivity (Wildman–Crippen MR) is 136 cm³/mol. The van der Waals surface area contributed by atoms with E-state index in [2.05, 4.69) is 10.6 Å². The molecule has 1 aliphatic rings. The Labute approximate surface area is 224 Å². The van der Waals surface area contributed by atoms with Gasteiger partial charge in [-0.2, -0.15) is 5.26 Å². The largest absolute Gasteiger partial charge is 0.326 e. The fraction of sp³-hybridized carbons (Fsp3) is 0.125. The zero-order chi connectivity index (χ0) is 25.5. The number of hydrogen-bond acceptors (Lipinski definition) is 3. The quantitative estimate of drug-likeness (QED) is 0.313. The van der Waals surface area contributed by atoms with E-state index in [-0.39, 0.29) is 27.5 Å². The molecule has 5 nitrogen and oxygen atoms in total. The average molecular weight is 572 g/mol. The first-order valence-corrected chi connectivity index (χ1v) is 11.9. The summed E-state index contributed by atoms with van der Waals surface area (Å²) in [5.74, 6) is -3.09. The first-order chi connectivity index (χ1) is 16.5. The number of carbonyl (C=O) groups excluding carboxylic acids is 2. The van der Waals surface area contributed by atoms with Crippen LogP contribution in [0.25, 0.3) is 0 Å². The highest BCUT2D eigenvalue weighted by Gasteiger charge is 2.67. The third-order valence-electron chi connectivity index (χ3n) is 5.41. The van der Waals surface area contributed by atoms with Crippen LogP contribution < -0.4 is 10.6 Å². The highest BCUT2D eigenvalue weighted by atomic mass is 35.5. The van der Waals surface area contributed by atoms with Gasteiger partial charge in [-0.15, -0.1) is 23.2 Å². The summed E-state index contributed by atoms with van der Waals surface area (Å²) in [7, 11) is 0. The summed E-state index contributed by atoms with van der Waals surface area (Å²) in [6.07, 6.45) is 0. The standard InChI is InChI=1S/C24H13Cl5FN3O2/c25-13-5-11(6-14(26)8-13)20-21(24(20,28)29)23(35)32-16-2-3-18(27)17(9-16)22(34)33-19-4-1-15(30)7-12(19)10-31/h1-9,20-21H,(H,32,35)(H,33,34)/t20-,21+/m0/s1. The van der Waals surface area contributed by atoms with Crippen molar-refractivity contribution in [3.05, 3.63) is 92.2 Å². The van der Waals surface area contributed by atoms with Crippen molar-refractivity contribution in [2.24, 2.45) is 5.92 Å². The average Bonchev–Trinajstić information content (AvgIpc) is 3.37. The lowest BCUT2D eigenvalue weighted by molar-refractivity contribution is -0.117. The molecule has 0 aliphatic heterocycles. The molecule has 2 N–H and O–H groups in total. The van der Waals surface area contributed by atoms with Gasteiger partial charge in [0.05, 0.1) is 27.8 Å². The van der Waals surface area contributed by atoms with E-state index in [1.54, 1.807) is 18.2 Å². The summed E-state index contributed by atoms with van der Waals surface area (Å²) >= 11 is 31.1. The smallest absolute Gasteiger partial charge is 0.257 e. The summed E-state index contributed by atoms with van der Waals surface area (Å²) < 4.78 is 12.0. The number of hydrogen-bond donors (Lipinski definition) is 2. The lowest BCUT2D eigenvalue weighted by Gasteiger charge is -2.11. The second-order valence-electron chi connectivity index (χ2n) is 7.77. The van der Waals surface area contributed by atoms with E-state index >= 15 is 0 Å². The van der Waals surface area contributed by atoms with Crippen LogP contribution in [-0.4, -0.2) is 16.1 Å². The molecular weight excluding hydrogens is 559 g/mol. The topological polar surface area (TPSA) is 82.0 Å². The number of amides is 2. The molecule has 4 rings (SSSR count). The molecule has 0 spiro atoms. The van der Waals surface area contributed by atoms with Crippen LogP contribution >= 0.6 is 58.0 Å². The van der Waals surface area contributed by atoms with Gasteiger partial charge in [0.1, 0.15) is 16.2 Å². The number of halogens is 6. The normalized spacial score (nSPS) is 17.9. The van der Waals surface area contributed by atoms with E-state index in [1.807, 2.05) is 6.07 Å². The molecule has 3 aromatic carbocycles.